The molecule has 0 aliphatic heterocycles. The van der Waals surface area contributed by atoms with Crippen LogP contribution in [-0.4, -0.2) is 9.97 Å². The first-order chi connectivity index (χ1) is 8.65. The molecule has 90 valence electrons. The van der Waals surface area contributed by atoms with Crippen LogP contribution in [0.1, 0.15) is 0 Å². The van der Waals surface area contributed by atoms with E-state index in [0.29, 0.717) is 21.9 Å². The number of benzene rings is 2. The maximum atomic E-state index is 13.3. The minimum Gasteiger partial charge on any atom is -0.338 e. The van der Waals surface area contributed by atoms with Crippen molar-refractivity contribution in [2.75, 3.05) is 0 Å². The molecule has 2 nitrogen and oxygen atoms in total. The Kier molecular flexibility index (Phi) is 2.84. The van der Waals surface area contributed by atoms with Gasteiger partial charge in [0.15, 0.2) is 0 Å². The molecule has 0 fully saturated rings. The van der Waals surface area contributed by atoms with E-state index in [0.717, 1.165) is 9.99 Å². The number of para-hydroxylation sites is 1. The van der Waals surface area contributed by atoms with Crippen LogP contribution in [0, 0.1) is 5.82 Å². The molecule has 0 saturated carbocycles. The Balaban J connectivity index is 2.26. The molecule has 0 saturated heterocycles. The number of nitrogens with zero attached hydrogens (tertiary/aromatic N) is 1. The number of aromatic amines is 1. The number of imidazole rings is 1. The molecular formula is C13H7BrClFN2. The van der Waals surface area contributed by atoms with Gasteiger partial charge in [-0.15, -0.1) is 0 Å². The van der Waals surface area contributed by atoms with Gasteiger partial charge in [0, 0.05) is 10.0 Å². The number of aromatic nitrogens is 2. The number of nitrogens with one attached hydrogen (secondary N) is 1. The molecule has 3 aromatic rings. The van der Waals surface area contributed by atoms with Crippen molar-refractivity contribution in [1.29, 1.82) is 0 Å². The molecule has 0 aliphatic carbocycles. The van der Waals surface area contributed by atoms with Crippen LogP contribution in [0.4, 0.5) is 4.39 Å². The highest BCUT2D eigenvalue weighted by Crippen LogP contribution is 2.30. The summed E-state index contributed by atoms with van der Waals surface area (Å²) in [6, 6.07) is 9.96. The highest BCUT2D eigenvalue weighted by Gasteiger charge is 2.11. The van der Waals surface area contributed by atoms with Gasteiger partial charge in [-0.05, 0) is 30.3 Å². The maximum Gasteiger partial charge on any atom is 0.139 e. The molecule has 0 spiro atoms. The number of hydrogen-bond donors (Lipinski definition) is 1. The Bertz CT molecular complexity index is 739. The van der Waals surface area contributed by atoms with Gasteiger partial charge in [0.2, 0.25) is 0 Å². The summed E-state index contributed by atoms with van der Waals surface area (Å²) in [7, 11) is 0. The number of fused-ring (bicyclic) bond motifs is 1. The lowest BCUT2D eigenvalue weighted by atomic mass is 10.2. The monoisotopic (exact) mass is 324 g/mol. The second kappa shape index (κ2) is 4.37. The molecular weight excluding hydrogens is 319 g/mol. The van der Waals surface area contributed by atoms with Gasteiger partial charge in [-0.25, -0.2) is 9.37 Å². The number of rotatable bonds is 1. The Morgan fingerprint density at radius 2 is 2.06 bits per heavy atom. The quantitative estimate of drug-likeness (QED) is 0.685. The van der Waals surface area contributed by atoms with Crippen LogP contribution < -0.4 is 0 Å². The van der Waals surface area contributed by atoms with E-state index in [-0.39, 0.29) is 5.82 Å². The lowest BCUT2D eigenvalue weighted by Gasteiger charge is -2.00. The first-order valence-corrected chi connectivity index (χ1v) is 6.42. The minimum absolute atomic E-state index is 0.306. The third kappa shape index (κ3) is 1.91. The van der Waals surface area contributed by atoms with Gasteiger partial charge < -0.3 is 4.98 Å². The summed E-state index contributed by atoms with van der Waals surface area (Å²) in [5.74, 6) is 0.282. The topological polar surface area (TPSA) is 28.7 Å². The van der Waals surface area contributed by atoms with Crippen LogP contribution in [0.15, 0.2) is 40.9 Å². The van der Waals surface area contributed by atoms with Crippen molar-refractivity contribution in [3.05, 3.63) is 51.7 Å². The standard InChI is InChI=1S/C13H7BrClFN2/c14-9-5-4-7(16)6-8(9)13-17-11-3-1-2-10(15)12(11)18-13/h1-6H,(H,17,18). The van der Waals surface area contributed by atoms with Gasteiger partial charge in [-0.1, -0.05) is 33.6 Å². The average molecular weight is 326 g/mol. The molecule has 5 heteroatoms. The summed E-state index contributed by atoms with van der Waals surface area (Å²) in [5, 5.41) is 0.572. The summed E-state index contributed by atoms with van der Waals surface area (Å²) in [6.45, 7) is 0. The van der Waals surface area contributed by atoms with Crippen molar-refractivity contribution in [2.24, 2.45) is 0 Å². The molecule has 0 amide bonds. The van der Waals surface area contributed by atoms with Crippen molar-refractivity contribution < 1.29 is 4.39 Å². The zero-order chi connectivity index (χ0) is 12.7. The summed E-state index contributed by atoms with van der Waals surface area (Å²) in [6.07, 6.45) is 0. The minimum atomic E-state index is -0.306. The van der Waals surface area contributed by atoms with E-state index in [1.165, 1.54) is 12.1 Å². The largest absolute Gasteiger partial charge is 0.338 e. The molecule has 0 radical (unpaired) electrons. The van der Waals surface area contributed by atoms with Gasteiger partial charge >= 0.3 is 0 Å². The maximum absolute atomic E-state index is 13.3. The summed E-state index contributed by atoms with van der Waals surface area (Å²) >= 11 is 9.44. The van der Waals surface area contributed by atoms with Crippen LogP contribution in [0.5, 0.6) is 0 Å². The fourth-order valence-corrected chi connectivity index (χ4v) is 2.45. The Labute approximate surface area is 116 Å². The Hall–Kier alpha value is -1.39. The molecule has 0 unspecified atom stereocenters. The van der Waals surface area contributed by atoms with Gasteiger partial charge in [0.1, 0.15) is 17.2 Å². The molecule has 0 bridgehead atoms. The van der Waals surface area contributed by atoms with Gasteiger partial charge in [0.05, 0.1) is 10.5 Å². The van der Waals surface area contributed by atoms with Crippen molar-refractivity contribution >= 4 is 38.6 Å². The molecule has 1 aromatic heterocycles. The van der Waals surface area contributed by atoms with E-state index in [1.807, 2.05) is 12.1 Å². The molecule has 1 heterocycles. The number of H-pyrrole nitrogens is 1. The Morgan fingerprint density at radius 1 is 1.22 bits per heavy atom. The molecule has 3 rings (SSSR count). The second-order valence-electron chi connectivity index (χ2n) is 3.85. The third-order valence-electron chi connectivity index (χ3n) is 2.65. The van der Waals surface area contributed by atoms with E-state index in [2.05, 4.69) is 25.9 Å². The SMILES string of the molecule is Fc1ccc(Br)c(-c2nc3c(Cl)cccc3[nH]2)c1. The molecule has 2 aromatic carbocycles. The van der Waals surface area contributed by atoms with Crippen molar-refractivity contribution in [3.8, 4) is 11.4 Å². The van der Waals surface area contributed by atoms with E-state index in [9.17, 15) is 4.39 Å². The van der Waals surface area contributed by atoms with Crippen molar-refractivity contribution in [2.45, 2.75) is 0 Å². The van der Waals surface area contributed by atoms with Crippen LogP contribution in [0.2, 0.25) is 5.02 Å². The second-order valence-corrected chi connectivity index (χ2v) is 5.11. The van der Waals surface area contributed by atoms with E-state index >= 15 is 0 Å². The zero-order valence-electron chi connectivity index (χ0n) is 9.05. The van der Waals surface area contributed by atoms with E-state index in [4.69, 9.17) is 11.6 Å². The van der Waals surface area contributed by atoms with Crippen LogP contribution in [0.3, 0.4) is 0 Å². The number of halogens is 3. The number of hydrogen-bond acceptors (Lipinski definition) is 1. The summed E-state index contributed by atoms with van der Waals surface area (Å²) in [5.41, 5.74) is 2.18. The fraction of sp³-hybridized carbons (Fsp3) is 0. The first-order valence-electron chi connectivity index (χ1n) is 5.25. The van der Waals surface area contributed by atoms with Crippen LogP contribution in [0.25, 0.3) is 22.4 Å². The summed E-state index contributed by atoms with van der Waals surface area (Å²) in [4.78, 5) is 7.53. The zero-order valence-corrected chi connectivity index (χ0v) is 11.4. The van der Waals surface area contributed by atoms with Gasteiger partial charge in [-0.3, -0.25) is 0 Å². The lowest BCUT2D eigenvalue weighted by molar-refractivity contribution is 0.628. The van der Waals surface area contributed by atoms with Crippen LogP contribution in [-0.2, 0) is 0 Å². The lowest BCUT2D eigenvalue weighted by Crippen LogP contribution is -1.84. The highest BCUT2D eigenvalue weighted by atomic mass is 79.9. The van der Waals surface area contributed by atoms with E-state index < -0.39 is 0 Å². The van der Waals surface area contributed by atoms with E-state index in [1.54, 1.807) is 12.1 Å². The normalized spacial score (nSPS) is 11.1. The smallest absolute Gasteiger partial charge is 0.139 e. The third-order valence-corrected chi connectivity index (χ3v) is 3.64. The van der Waals surface area contributed by atoms with Crippen LogP contribution >= 0.6 is 27.5 Å². The molecule has 18 heavy (non-hydrogen) atoms. The highest BCUT2D eigenvalue weighted by molar-refractivity contribution is 9.10. The van der Waals surface area contributed by atoms with Crippen molar-refractivity contribution in [1.82, 2.24) is 9.97 Å². The predicted molar refractivity (Wildman–Crippen MR) is 74.2 cm³/mol. The van der Waals surface area contributed by atoms with Gasteiger partial charge in [-0.2, -0.15) is 0 Å². The van der Waals surface area contributed by atoms with Gasteiger partial charge in [0.25, 0.3) is 0 Å². The summed E-state index contributed by atoms with van der Waals surface area (Å²) < 4.78 is 14.1. The first kappa shape index (κ1) is 11.7. The predicted octanol–water partition coefficient (Wildman–Crippen LogP) is 4.78. The fourth-order valence-electron chi connectivity index (χ4n) is 1.80. The molecule has 0 aliphatic rings. The molecule has 1 N–H and O–H groups in total. The molecule has 0 atom stereocenters. The van der Waals surface area contributed by atoms with Crippen molar-refractivity contribution in [3.63, 3.8) is 0 Å². The average Bonchev–Trinajstić information content (AvgIpc) is 2.77. The Morgan fingerprint density at radius 3 is 2.83 bits per heavy atom.